The van der Waals surface area contributed by atoms with Crippen molar-refractivity contribution in [3.63, 3.8) is 0 Å². The lowest BCUT2D eigenvalue weighted by molar-refractivity contribution is -0.273. The number of aliphatic hydroxyl groups is 1. The molecule has 1 aromatic carbocycles. The molecule has 8 heteroatoms. The minimum absolute atomic E-state index is 0.0576. The second-order valence-corrected chi connectivity index (χ2v) is 7.48. The number of hydrogen-bond acceptors (Lipinski definition) is 7. The number of ether oxygens (including phenoxy) is 3. The second kappa shape index (κ2) is 11.7. The highest BCUT2D eigenvalue weighted by Crippen LogP contribution is 2.26. The number of aromatic hydroxyl groups is 1. The number of benzene rings is 1. The molecule has 1 saturated heterocycles. The van der Waals surface area contributed by atoms with Crippen LogP contribution in [0.2, 0.25) is 0 Å². The molecule has 1 fully saturated rings. The van der Waals surface area contributed by atoms with E-state index in [2.05, 4.69) is 0 Å². The summed E-state index contributed by atoms with van der Waals surface area (Å²) >= 11 is 0. The van der Waals surface area contributed by atoms with Gasteiger partial charge in [0.25, 0.3) is 0 Å². The summed E-state index contributed by atoms with van der Waals surface area (Å²) < 4.78 is 17.0. The molecular formula is C22H30O8. The summed E-state index contributed by atoms with van der Waals surface area (Å²) in [6, 6.07) is 5.74. The lowest BCUT2D eigenvalue weighted by Crippen LogP contribution is -2.49. The number of carboxylic acids is 1. The molecular weight excluding hydrogens is 392 g/mol. The number of rotatable bonds is 10. The van der Waals surface area contributed by atoms with Crippen LogP contribution in [0.4, 0.5) is 0 Å². The van der Waals surface area contributed by atoms with Crippen molar-refractivity contribution in [3.05, 3.63) is 42.0 Å². The molecule has 0 aromatic heterocycles. The Morgan fingerprint density at radius 3 is 2.63 bits per heavy atom. The fourth-order valence-corrected chi connectivity index (χ4v) is 3.18. The van der Waals surface area contributed by atoms with Crippen LogP contribution in [-0.4, -0.2) is 58.0 Å². The molecule has 8 nitrogen and oxygen atoms in total. The van der Waals surface area contributed by atoms with Crippen LogP contribution in [-0.2, 0) is 19.0 Å². The standard InChI is InChI=1S/C22H30O8/c1-14(7-5-3-4-6-8-20(25)26)28-22-18(24)13-19(15(2)29-22)30-21(27)16-9-11-17(23)12-10-16/h6,8-12,14-15,18-19,22-24H,3-5,7,13H2,1-2H3,(H,25,26)/b8-6+/t14-,15?,18+,19-,22-/m1/s1. The molecule has 1 aromatic rings. The van der Waals surface area contributed by atoms with Crippen LogP contribution in [0.25, 0.3) is 0 Å². The van der Waals surface area contributed by atoms with Gasteiger partial charge in [-0.05, 0) is 57.4 Å². The van der Waals surface area contributed by atoms with E-state index in [1.807, 2.05) is 6.92 Å². The van der Waals surface area contributed by atoms with Gasteiger partial charge in [0, 0.05) is 12.5 Å². The smallest absolute Gasteiger partial charge is 0.338 e. The zero-order valence-corrected chi connectivity index (χ0v) is 17.3. The summed E-state index contributed by atoms with van der Waals surface area (Å²) in [7, 11) is 0. The van der Waals surface area contributed by atoms with Gasteiger partial charge in [0.1, 0.15) is 18.0 Å². The van der Waals surface area contributed by atoms with E-state index in [1.54, 1.807) is 13.0 Å². The van der Waals surface area contributed by atoms with E-state index < -0.39 is 36.5 Å². The van der Waals surface area contributed by atoms with E-state index in [9.17, 15) is 19.8 Å². The number of phenols is 1. The first-order valence-corrected chi connectivity index (χ1v) is 10.1. The lowest BCUT2D eigenvalue weighted by Gasteiger charge is -2.38. The third-order valence-electron chi connectivity index (χ3n) is 4.88. The summed E-state index contributed by atoms with van der Waals surface area (Å²) in [5.74, 6) is -1.44. The van der Waals surface area contributed by atoms with E-state index in [1.165, 1.54) is 24.3 Å². The molecule has 0 bridgehead atoms. The minimum atomic E-state index is -0.948. The van der Waals surface area contributed by atoms with Gasteiger partial charge in [-0.2, -0.15) is 0 Å². The van der Waals surface area contributed by atoms with Crippen molar-refractivity contribution in [2.75, 3.05) is 0 Å². The van der Waals surface area contributed by atoms with E-state index in [0.717, 1.165) is 25.3 Å². The molecule has 2 rings (SSSR count). The maximum absolute atomic E-state index is 12.3. The number of aliphatic hydroxyl groups excluding tert-OH is 1. The number of unbranched alkanes of at least 4 members (excludes halogenated alkanes) is 2. The van der Waals surface area contributed by atoms with E-state index >= 15 is 0 Å². The molecule has 0 amide bonds. The number of hydrogen-bond donors (Lipinski definition) is 3. The lowest BCUT2D eigenvalue weighted by atomic mass is 10.0. The topological polar surface area (TPSA) is 123 Å². The van der Waals surface area contributed by atoms with Crippen molar-refractivity contribution in [3.8, 4) is 5.75 Å². The molecule has 0 spiro atoms. The highest BCUT2D eigenvalue weighted by atomic mass is 16.7. The molecule has 0 saturated carbocycles. The van der Waals surface area contributed by atoms with Crippen LogP contribution in [0, 0.1) is 0 Å². The minimum Gasteiger partial charge on any atom is -0.508 e. The number of phenolic OH excluding ortho intramolecular Hbond substituents is 1. The van der Waals surface area contributed by atoms with E-state index in [4.69, 9.17) is 19.3 Å². The van der Waals surface area contributed by atoms with Crippen LogP contribution < -0.4 is 0 Å². The molecule has 1 heterocycles. The fraction of sp³-hybridized carbons (Fsp3) is 0.545. The van der Waals surface area contributed by atoms with Gasteiger partial charge in [0.2, 0.25) is 0 Å². The molecule has 166 valence electrons. The molecule has 1 aliphatic rings. The normalized spacial score (nSPS) is 25.2. The Labute approximate surface area is 176 Å². The third-order valence-corrected chi connectivity index (χ3v) is 4.88. The van der Waals surface area contributed by atoms with Gasteiger partial charge in [-0.1, -0.05) is 12.5 Å². The Hall–Kier alpha value is -2.42. The fourth-order valence-electron chi connectivity index (χ4n) is 3.18. The first-order valence-electron chi connectivity index (χ1n) is 10.1. The predicted octanol–water partition coefficient (Wildman–Crippen LogP) is 3.02. The van der Waals surface area contributed by atoms with Gasteiger partial charge in [-0.25, -0.2) is 9.59 Å². The predicted molar refractivity (Wildman–Crippen MR) is 108 cm³/mol. The Balaban J connectivity index is 1.75. The highest BCUT2D eigenvalue weighted by molar-refractivity contribution is 5.89. The Kier molecular flexibility index (Phi) is 9.29. The first kappa shape index (κ1) is 23.9. The first-order chi connectivity index (χ1) is 14.3. The van der Waals surface area contributed by atoms with Crippen molar-refractivity contribution in [1.82, 2.24) is 0 Å². The summed E-state index contributed by atoms with van der Waals surface area (Å²) in [6.45, 7) is 3.65. The maximum Gasteiger partial charge on any atom is 0.338 e. The maximum atomic E-state index is 12.3. The number of esters is 1. The van der Waals surface area contributed by atoms with Gasteiger partial charge < -0.3 is 29.5 Å². The zero-order chi connectivity index (χ0) is 22.1. The van der Waals surface area contributed by atoms with Gasteiger partial charge in [-0.15, -0.1) is 0 Å². The van der Waals surface area contributed by atoms with Crippen LogP contribution in [0.3, 0.4) is 0 Å². The van der Waals surface area contributed by atoms with E-state index in [0.29, 0.717) is 12.0 Å². The van der Waals surface area contributed by atoms with Crippen molar-refractivity contribution in [2.24, 2.45) is 0 Å². The van der Waals surface area contributed by atoms with Crippen LogP contribution >= 0.6 is 0 Å². The van der Waals surface area contributed by atoms with Crippen LogP contribution in [0.5, 0.6) is 5.75 Å². The SMILES string of the molecule is CC1O[C@@H](O[C@H](C)CCCC/C=C/C(=O)O)[C@@H](O)C[C@H]1OC(=O)c1ccc(O)cc1. The quantitative estimate of drug-likeness (QED) is 0.299. The number of carboxylic acid groups (broad SMARTS) is 1. The van der Waals surface area contributed by atoms with Crippen molar-refractivity contribution in [2.45, 2.75) is 76.7 Å². The molecule has 0 aliphatic carbocycles. The Morgan fingerprint density at radius 1 is 1.27 bits per heavy atom. The summed E-state index contributed by atoms with van der Waals surface area (Å²) in [4.78, 5) is 22.7. The van der Waals surface area contributed by atoms with Gasteiger partial charge in [0.05, 0.1) is 17.8 Å². The molecule has 3 N–H and O–H groups in total. The van der Waals surface area contributed by atoms with Crippen molar-refractivity contribution >= 4 is 11.9 Å². The largest absolute Gasteiger partial charge is 0.508 e. The summed E-state index contributed by atoms with van der Waals surface area (Å²) in [5, 5.41) is 28.2. The molecule has 1 aliphatic heterocycles. The number of aliphatic carboxylic acids is 1. The Bertz CT molecular complexity index is 714. The number of carbonyl (C=O) groups is 2. The molecule has 0 radical (unpaired) electrons. The van der Waals surface area contributed by atoms with Crippen molar-refractivity contribution < 1.29 is 39.1 Å². The Morgan fingerprint density at radius 2 is 1.97 bits per heavy atom. The number of carbonyl (C=O) groups excluding carboxylic acids is 1. The molecule has 1 unspecified atom stereocenters. The average molecular weight is 422 g/mol. The van der Waals surface area contributed by atoms with Crippen LogP contribution in [0.1, 0.15) is 56.3 Å². The molecule has 5 atom stereocenters. The van der Waals surface area contributed by atoms with Gasteiger partial charge in [-0.3, -0.25) is 0 Å². The summed E-state index contributed by atoms with van der Waals surface area (Å²) in [6.07, 6.45) is 3.16. The second-order valence-electron chi connectivity index (χ2n) is 7.48. The third kappa shape index (κ3) is 7.78. The number of allylic oxidation sites excluding steroid dienone is 1. The summed E-state index contributed by atoms with van der Waals surface area (Å²) in [5.41, 5.74) is 0.305. The molecule has 30 heavy (non-hydrogen) atoms. The van der Waals surface area contributed by atoms with Gasteiger partial charge >= 0.3 is 11.9 Å². The average Bonchev–Trinajstić information content (AvgIpc) is 2.68. The van der Waals surface area contributed by atoms with Crippen molar-refractivity contribution in [1.29, 1.82) is 0 Å². The zero-order valence-electron chi connectivity index (χ0n) is 17.3. The van der Waals surface area contributed by atoms with Gasteiger partial charge in [0.15, 0.2) is 6.29 Å². The van der Waals surface area contributed by atoms with E-state index in [-0.39, 0.29) is 18.3 Å². The monoisotopic (exact) mass is 422 g/mol. The van der Waals surface area contributed by atoms with Crippen LogP contribution in [0.15, 0.2) is 36.4 Å². The highest BCUT2D eigenvalue weighted by Gasteiger charge is 2.38.